The Balaban J connectivity index is 2.04. The number of carbonyl (C=O) groups is 4. The lowest BCUT2D eigenvalue weighted by atomic mass is 9.40. The predicted molar refractivity (Wildman–Crippen MR) is 159 cm³/mol. The summed E-state index contributed by atoms with van der Waals surface area (Å²) in [6, 6.07) is 3.47. The maximum absolute atomic E-state index is 14.6. The number of allylic oxidation sites excluding steroid dienone is 1. The molecule has 9 heteroatoms. The lowest BCUT2D eigenvalue weighted by Gasteiger charge is -2.63. The van der Waals surface area contributed by atoms with Gasteiger partial charge in [-0.05, 0) is 49.5 Å². The van der Waals surface area contributed by atoms with Crippen molar-refractivity contribution in [3.63, 3.8) is 0 Å². The van der Waals surface area contributed by atoms with Crippen LogP contribution in [0.2, 0.25) is 0 Å². The van der Waals surface area contributed by atoms with Gasteiger partial charge in [-0.3, -0.25) is 14.4 Å². The fourth-order valence-electron chi connectivity index (χ4n) is 8.39. The smallest absolute Gasteiger partial charge is 0.203 e. The van der Waals surface area contributed by atoms with Gasteiger partial charge in [-0.15, -0.1) is 0 Å². The molecule has 0 saturated heterocycles. The molecule has 0 heterocycles. The Morgan fingerprint density at radius 3 is 2.14 bits per heavy atom. The Labute approximate surface area is 252 Å². The summed E-state index contributed by atoms with van der Waals surface area (Å²) in [5, 5.41) is 59.3. The third-order valence-corrected chi connectivity index (χ3v) is 10.9. The van der Waals surface area contributed by atoms with Gasteiger partial charge in [0, 0.05) is 28.7 Å². The number of fused-ring (bicyclic) bond motifs is 3. The van der Waals surface area contributed by atoms with Crippen LogP contribution < -0.4 is 0 Å². The molecule has 0 spiro atoms. The zero-order valence-electron chi connectivity index (χ0n) is 26.5. The van der Waals surface area contributed by atoms with Crippen LogP contribution in [-0.2, 0) is 24.6 Å². The van der Waals surface area contributed by atoms with Gasteiger partial charge in [-0.25, -0.2) is 0 Å². The number of phenolic OH excluding ortho intramolecular Hbond substituents is 1. The highest BCUT2D eigenvalue weighted by Crippen LogP contribution is 2.67. The van der Waals surface area contributed by atoms with E-state index >= 15 is 0 Å². The van der Waals surface area contributed by atoms with E-state index in [1.807, 2.05) is 13.8 Å². The normalized spacial score (nSPS) is 32.5. The lowest BCUT2D eigenvalue weighted by Crippen LogP contribution is -2.75. The molecular formula is C34H44O9. The molecule has 3 aliphatic carbocycles. The van der Waals surface area contributed by atoms with Crippen LogP contribution in [-0.4, -0.2) is 60.4 Å². The Morgan fingerprint density at radius 2 is 1.63 bits per heavy atom. The second-order valence-corrected chi connectivity index (χ2v) is 14.2. The molecule has 43 heavy (non-hydrogen) atoms. The molecule has 5 N–H and O–H groups in total. The average Bonchev–Trinajstić information content (AvgIpc) is 2.88. The van der Waals surface area contributed by atoms with Crippen molar-refractivity contribution in [2.75, 3.05) is 0 Å². The third kappa shape index (κ3) is 4.03. The highest BCUT2D eigenvalue weighted by Gasteiger charge is 2.77. The Bertz CT molecular complexity index is 1510. The van der Waals surface area contributed by atoms with Crippen LogP contribution in [0.3, 0.4) is 0 Å². The van der Waals surface area contributed by atoms with Crippen LogP contribution in [0.25, 0.3) is 5.76 Å². The maximum atomic E-state index is 14.6. The molecule has 4 rings (SSSR count). The first-order chi connectivity index (χ1) is 19.6. The molecule has 0 radical (unpaired) electrons. The number of hydrogen-bond donors (Lipinski definition) is 5. The quantitative estimate of drug-likeness (QED) is 0.279. The van der Waals surface area contributed by atoms with Crippen molar-refractivity contribution in [3.05, 3.63) is 45.7 Å². The van der Waals surface area contributed by atoms with E-state index < -0.39 is 85.7 Å². The number of Topliss-reactive ketones (excluding diaryl/α,β-unsaturated/α-hetero) is 4. The van der Waals surface area contributed by atoms with Gasteiger partial charge in [0.2, 0.25) is 5.78 Å². The molecule has 0 aliphatic heterocycles. The molecule has 0 amide bonds. The van der Waals surface area contributed by atoms with Crippen LogP contribution in [0.4, 0.5) is 0 Å². The topological polar surface area (TPSA) is 169 Å². The van der Waals surface area contributed by atoms with Gasteiger partial charge >= 0.3 is 0 Å². The second kappa shape index (κ2) is 10.1. The molecule has 1 aromatic rings. The first-order valence-corrected chi connectivity index (χ1v) is 14.9. The molecule has 1 saturated carbocycles. The zero-order valence-corrected chi connectivity index (χ0v) is 26.5. The largest absolute Gasteiger partial charge is 0.508 e. The number of aliphatic hydroxyl groups is 4. The van der Waals surface area contributed by atoms with Crippen molar-refractivity contribution in [3.8, 4) is 5.75 Å². The van der Waals surface area contributed by atoms with Crippen LogP contribution >= 0.6 is 0 Å². The number of aliphatic hydroxyl groups excluding tert-OH is 3. The van der Waals surface area contributed by atoms with Crippen molar-refractivity contribution in [1.82, 2.24) is 0 Å². The van der Waals surface area contributed by atoms with Crippen molar-refractivity contribution < 1.29 is 44.7 Å². The third-order valence-electron chi connectivity index (χ3n) is 10.9. The van der Waals surface area contributed by atoms with E-state index in [2.05, 4.69) is 0 Å². The molecule has 0 aromatic heterocycles. The SMILES string of the molecule is CC(=O)CCCC(C)(C)c1ccc2c(c1O)C(O)=C1C(=O)[C@@]3(O)C(O)=C(C(C)=O)C(=O)C(C(C)C)[C@@]3(C)[C@H](O)[C@@]1(C)[C@@H]2C. The first kappa shape index (κ1) is 32.6. The molecule has 1 fully saturated rings. The van der Waals surface area contributed by atoms with E-state index in [1.54, 1.807) is 39.8 Å². The standard InChI is InChI=1S/C34H44O9/c1-15(2)23-26(38)21(18(5)36)28(40)34(43)29(41)24-27(39)22-19(17(4)32(24,8)30(42)33(23,34)9)12-13-20(25(22)37)31(6,7)14-10-11-16(3)35/h12-13,15,17,23,30,37,39-40,42-43H,10-11,14H2,1-9H3/t17-,23?,30-,32+,33+,34+/m1/s1. The van der Waals surface area contributed by atoms with E-state index in [0.717, 1.165) is 6.92 Å². The Morgan fingerprint density at radius 1 is 1.05 bits per heavy atom. The Kier molecular flexibility index (Phi) is 7.68. The number of benzene rings is 1. The first-order valence-electron chi connectivity index (χ1n) is 14.9. The van der Waals surface area contributed by atoms with Crippen molar-refractivity contribution >= 4 is 28.9 Å². The fraction of sp³-hybridized carbons (Fsp3) is 0.588. The number of hydrogen-bond acceptors (Lipinski definition) is 9. The molecule has 0 bridgehead atoms. The highest BCUT2D eigenvalue weighted by molar-refractivity contribution is 6.24. The van der Waals surface area contributed by atoms with Crippen molar-refractivity contribution in [1.29, 1.82) is 0 Å². The second-order valence-electron chi connectivity index (χ2n) is 14.2. The molecule has 234 valence electrons. The summed E-state index contributed by atoms with van der Waals surface area (Å²) in [4.78, 5) is 52.3. The monoisotopic (exact) mass is 596 g/mol. The molecule has 1 aromatic carbocycles. The van der Waals surface area contributed by atoms with Crippen LogP contribution in [0, 0.1) is 22.7 Å². The van der Waals surface area contributed by atoms with Gasteiger partial charge in [0.15, 0.2) is 17.2 Å². The number of rotatable bonds is 7. The number of carbonyl (C=O) groups excluding carboxylic acids is 4. The van der Waals surface area contributed by atoms with E-state index in [0.29, 0.717) is 30.4 Å². The minimum absolute atomic E-state index is 0.0209. The lowest BCUT2D eigenvalue weighted by molar-refractivity contribution is -0.215. The summed E-state index contributed by atoms with van der Waals surface area (Å²) < 4.78 is 0. The number of ketones is 4. The maximum Gasteiger partial charge on any atom is 0.203 e. The summed E-state index contributed by atoms with van der Waals surface area (Å²) in [5.74, 6) is -7.25. The van der Waals surface area contributed by atoms with Crippen LogP contribution in [0.15, 0.2) is 29.0 Å². The van der Waals surface area contributed by atoms with Crippen LogP contribution in [0.5, 0.6) is 5.75 Å². The van der Waals surface area contributed by atoms with E-state index in [1.165, 1.54) is 13.8 Å². The molecule has 3 aliphatic rings. The Hall–Kier alpha value is -3.30. The van der Waals surface area contributed by atoms with E-state index in [-0.39, 0.29) is 17.1 Å². The number of aromatic hydroxyl groups is 1. The zero-order chi connectivity index (χ0) is 32.8. The average molecular weight is 597 g/mol. The van der Waals surface area contributed by atoms with Gasteiger partial charge in [-0.2, -0.15) is 0 Å². The van der Waals surface area contributed by atoms with Gasteiger partial charge in [0.1, 0.15) is 28.6 Å². The predicted octanol–water partition coefficient (Wildman–Crippen LogP) is 4.76. The van der Waals surface area contributed by atoms with E-state index in [9.17, 15) is 44.7 Å². The van der Waals surface area contributed by atoms with Gasteiger partial charge in [0.05, 0.1) is 17.2 Å². The highest BCUT2D eigenvalue weighted by atomic mass is 16.4. The molecule has 1 unspecified atom stereocenters. The summed E-state index contributed by atoms with van der Waals surface area (Å²) in [5.41, 5.74) is -7.28. The van der Waals surface area contributed by atoms with Crippen molar-refractivity contribution in [2.45, 2.75) is 105 Å². The van der Waals surface area contributed by atoms with Crippen LogP contribution in [0.1, 0.15) is 104 Å². The molecule has 9 nitrogen and oxygen atoms in total. The summed E-state index contributed by atoms with van der Waals surface area (Å²) >= 11 is 0. The molecule has 6 atom stereocenters. The summed E-state index contributed by atoms with van der Waals surface area (Å²) in [7, 11) is 0. The van der Waals surface area contributed by atoms with Gasteiger partial charge < -0.3 is 30.3 Å². The summed E-state index contributed by atoms with van der Waals surface area (Å²) in [6.07, 6.45) is -0.157. The summed E-state index contributed by atoms with van der Waals surface area (Å²) in [6.45, 7) is 14.4. The number of phenols is 1. The minimum Gasteiger partial charge on any atom is -0.508 e. The fourth-order valence-corrected chi connectivity index (χ4v) is 8.39. The van der Waals surface area contributed by atoms with Crippen molar-refractivity contribution in [2.24, 2.45) is 22.7 Å². The van der Waals surface area contributed by atoms with E-state index in [4.69, 9.17) is 0 Å². The van der Waals surface area contributed by atoms with Gasteiger partial charge in [0.25, 0.3) is 0 Å². The van der Waals surface area contributed by atoms with Gasteiger partial charge in [-0.1, -0.05) is 60.6 Å². The minimum atomic E-state index is -2.92. The molecular weight excluding hydrogens is 552 g/mol.